The van der Waals surface area contributed by atoms with E-state index in [1.54, 1.807) is 19.2 Å². The topological polar surface area (TPSA) is 32.8 Å². The second-order valence-corrected chi connectivity index (χ2v) is 7.35. The van der Waals surface area contributed by atoms with Gasteiger partial charge < -0.3 is 9.64 Å². The Morgan fingerprint density at radius 2 is 1.75 bits per heavy atom. The molecular formula is C23H29FN2O2. The Bertz CT molecular complexity index is 753. The molecule has 1 amide bonds. The lowest BCUT2D eigenvalue weighted by Crippen LogP contribution is -2.47. The van der Waals surface area contributed by atoms with Crippen molar-refractivity contribution in [1.29, 1.82) is 0 Å². The fourth-order valence-electron chi connectivity index (χ4n) is 3.82. The molecule has 1 saturated heterocycles. The number of likely N-dealkylation sites (tertiary alicyclic amines) is 1. The normalized spacial score (nSPS) is 15.4. The van der Waals surface area contributed by atoms with Crippen LogP contribution >= 0.6 is 0 Å². The molecule has 4 nitrogen and oxygen atoms in total. The first-order valence-electron chi connectivity index (χ1n) is 10.0. The van der Waals surface area contributed by atoms with Crippen molar-refractivity contribution in [2.24, 2.45) is 0 Å². The van der Waals surface area contributed by atoms with Crippen LogP contribution in [0, 0.1) is 5.82 Å². The summed E-state index contributed by atoms with van der Waals surface area (Å²) >= 11 is 0. The van der Waals surface area contributed by atoms with E-state index in [1.165, 1.54) is 17.7 Å². The highest BCUT2D eigenvalue weighted by Gasteiger charge is 2.28. The molecule has 1 aliphatic rings. The molecule has 0 N–H and O–H groups in total. The van der Waals surface area contributed by atoms with Crippen molar-refractivity contribution in [3.05, 3.63) is 59.9 Å². The standard InChI is InChI=1S/C23H29FN2O2/c1-3-4-23(27)26(20-9-7-19(24)8-10-20)21-13-15-25(16-14-21)17-18-5-11-22(28-2)12-6-18/h5-12,21H,3-4,13-17H2,1-2H3. The lowest BCUT2D eigenvalue weighted by atomic mass is 10.0. The number of methoxy groups -OCH3 is 1. The minimum atomic E-state index is -0.277. The Balaban J connectivity index is 1.64. The first-order chi connectivity index (χ1) is 13.6. The minimum Gasteiger partial charge on any atom is -0.497 e. The van der Waals surface area contributed by atoms with E-state index in [2.05, 4.69) is 17.0 Å². The third-order valence-electron chi connectivity index (χ3n) is 5.32. The molecular weight excluding hydrogens is 355 g/mol. The summed E-state index contributed by atoms with van der Waals surface area (Å²) in [4.78, 5) is 17.1. The van der Waals surface area contributed by atoms with Crippen molar-refractivity contribution in [1.82, 2.24) is 4.90 Å². The van der Waals surface area contributed by atoms with Crippen LogP contribution in [-0.4, -0.2) is 37.0 Å². The second kappa shape index (κ2) is 9.69. The van der Waals surface area contributed by atoms with Gasteiger partial charge in [-0.15, -0.1) is 0 Å². The van der Waals surface area contributed by atoms with Crippen molar-refractivity contribution in [3.8, 4) is 5.75 Å². The van der Waals surface area contributed by atoms with Crippen LogP contribution in [0.15, 0.2) is 48.5 Å². The van der Waals surface area contributed by atoms with E-state index in [4.69, 9.17) is 4.74 Å². The van der Waals surface area contributed by atoms with Crippen LogP contribution in [0.3, 0.4) is 0 Å². The number of hydrogen-bond donors (Lipinski definition) is 0. The largest absolute Gasteiger partial charge is 0.497 e. The number of rotatable bonds is 7. The van der Waals surface area contributed by atoms with E-state index in [1.807, 2.05) is 24.0 Å². The predicted molar refractivity (Wildman–Crippen MR) is 110 cm³/mol. The Hall–Kier alpha value is -2.40. The van der Waals surface area contributed by atoms with Gasteiger partial charge in [-0.25, -0.2) is 4.39 Å². The zero-order chi connectivity index (χ0) is 19.9. The van der Waals surface area contributed by atoms with Crippen molar-refractivity contribution in [2.75, 3.05) is 25.1 Å². The van der Waals surface area contributed by atoms with Gasteiger partial charge in [0, 0.05) is 37.8 Å². The van der Waals surface area contributed by atoms with E-state index >= 15 is 0 Å². The molecule has 0 radical (unpaired) electrons. The smallest absolute Gasteiger partial charge is 0.227 e. The maximum absolute atomic E-state index is 13.3. The summed E-state index contributed by atoms with van der Waals surface area (Å²) in [6.07, 6.45) is 3.17. The molecule has 3 rings (SSSR count). The molecule has 1 fully saturated rings. The number of carbonyl (C=O) groups is 1. The zero-order valence-corrected chi connectivity index (χ0v) is 16.7. The van der Waals surface area contributed by atoms with Crippen LogP contribution in [0.1, 0.15) is 38.2 Å². The highest BCUT2D eigenvalue weighted by atomic mass is 19.1. The van der Waals surface area contributed by atoms with Gasteiger partial charge in [0.2, 0.25) is 5.91 Å². The number of ether oxygens (including phenoxy) is 1. The highest BCUT2D eigenvalue weighted by molar-refractivity contribution is 5.93. The van der Waals surface area contributed by atoms with Crippen LogP contribution < -0.4 is 9.64 Å². The molecule has 0 spiro atoms. The summed E-state index contributed by atoms with van der Waals surface area (Å²) in [5.74, 6) is 0.718. The Morgan fingerprint density at radius 1 is 1.11 bits per heavy atom. The van der Waals surface area contributed by atoms with E-state index in [0.717, 1.165) is 50.3 Å². The molecule has 0 aliphatic carbocycles. The average molecular weight is 384 g/mol. The van der Waals surface area contributed by atoms with Crippen molar-refractivity contribution < 1.29 is 13.9 Å². The first kappa shape index (κ1) is 20.3. The summed E-state index contributed by atoms with van der Waals surface area (Å²) in [6, 6.07) is 14.6. The monoisotopic (exact) mass is 384 g/mol. The van der Waals surface area contributed by atoms with Gasteiger partial charge in [0.1, 0.15) is 11.6 Å². The molecule has 0 bridgehead atoms. The van der Waals surface area contributed by atoms with E-state index in [0.29, 0.717) is 6.42 Å². The van der Waals surface area contributed by atoms with Crippen LogP contribution in [0.5, 0.6) is 5.75 Å². The molecule has 150 valence electrons. The molecule has 1 heterocycles. The van der Waals surface area contributed by atoms with Crippen LogP contribution in [0.2, 0.25) is 0 Å². The van der Waals surface area contributed by atoms with Gasteiger partial charge in [-0.2, -0.15) is 0 Å². The molecule has 2 aromatic rings. The number of piperidine rings is 1. The van der Waals surface area contributed by atoms with Gasteiger partial charge in [0.25, 0.3) is 0 Å². The Labute approximate surface area is 166 Å². The maximum Gasteiger partial charge on any atom is 0.227 e. The van der Waals surface area contributed by atoms with E-state index in [9.17, 15) is 9.18 Å². The molecule has 28 heavy (non-hydrogen) atoms. The number of amides is 1. The maximum atomic E-state index is 13.3. The van der Waals surface area contributed by atoms with Gasteiger partial charge in [0.05, 0.1) is 7.11 Å². The number of benzene rings is 2. The Kier molecular flexibility index (Phi) is 7.04. The van der Waals surface area contributed by atoms with E-state index in [-0.39, 0.29) is 17.8 Å². The second-order valence-electron chi connectivity index (χ2n) is 7.35. The van der Waals surface area contributed by atoms with Crippen molar-refractivity contribution in [3.63, 3.8) is 0 Å². The van der Waals surface area contributed by atoms with Gasteiger partial charge in [-0.05, 0) is 61.2 Å². The average Bonchev–Trinajstić information content (AvgIpc) is 2.72. The molecule has 2 aromatic carbocycles. The van der Waals surface area contributed by atoms with Crippen LogP contribution in [-0.2, 0) is 11.3 Å². The zero-order valence-electron chi connectivity index (χ0n) is 16.7. The summed E-state index contributed by atoms with van der Waals surface area (Å²) in [5, 5.41) is 0. The predicted octanol–water partition coefficient (Wildman–Crippen LogP) is 4.63. The van der Waals surface area contributed by atoms with Crippen LogP contribution in [0.4, 0.5) is 10.1 Å². The fourth-order valence-corrected chi connectivity index (χ4v) is 3.82. The van der Waals surface area contributed by atoms with Gasteiger partial charge in [-0.1, -0.05) is 19.1 Å². The molecule has 5 heteroatoms. The summed E-state index contributed by atoms with van der Waals surface area (Å²) in [5.41, 5.74) is 2.06. The number of halogens is 1. The van der Waals surface area contributed by atoms with Crippen molar-refractivity contribution >= 4 is 11.6 Å². The Morgan fingerprint density at radius 3 is 2.32 bits per heavy atom. The quantitative estimate of drug-likeness (QED) is 0.698. The lowest BCUT2D eigenvalue weighted by molar-refractivity contribution is -0.119. The van der Waals surface area contributed by atoms with Gasteiger partial charge >= 0.3 is 0 Å². The highest BCUT2D eigenvalue weighted by Crippen LogP contribution is 2.26. The molecule has 0 saturated carbocycles. The SMILES string of the molecule is CCCC(=O)N(c1ccc(F)cc1)C1CCN(Cc2ccc(OC)cc2)CC1. The third kappa shape index (κ3) is 5.10. The first-order valence-corrected chi connectivity index (χ1v) is 10.0. The van der Waals surface area contributed by atoms with Crippen LogP contribution in [0.25, 0.3) is 0 Å². The summed E-state index contributed by atoms with van der Waals surface area (Å²) in [6.45, 7) is 4.79. The summed E-state index contributed by atoms with van der Waals surface area (Å²) in [7, 11) is 1.67. The third-order valence-corrected chi connectivity index (χ3v) is 5.32. The van der Waals surface area contributed by atoms with Gasteiger partial charge in [0.15, 0.2) is 0 Å². The molecule has 0 unspecified atom stereocenters. The number of hydrogen-bond acceptors (Lipinski definition) is 3. The number of carbonyl (C=O) groups excluding carboxylic acids is 1. The van der Waals surface area contributed by atoms with E-state index < -0.39 is 0 Å². The molecule has 0 aromatic heterocycles. The fraction of sp³-hybridized carbons (Fsp3) is 0.435. The lowest BCUT2D eigenvalue weighted by Gasteiger charge is -2.38. The minimum absolute atomic E-state index is 0.128. The molecule has 0 atom stereocenters. The number of nitrogens with zero attached hydrogens (tertiary/aromatic N) is 2. The van der Waals surface area contributed by atoms with Gasteiger partial charge in [-0.3, -0.25) is 9.69 Å². The number of anilines is 1. The molecule has 1 aliphatic heterocycles. The summed E-state index contributed by atoms with van der Waals surface area (Å²) < 4.78 is 18.5. The van der Waals surface area contributed by atoms with Crippen molar-refractivity contribution in [2.45, 2.75) is 45.2 Å².